The number of hydrogen-bond donors (Lipinski definition) is 6. The minimum atomic E-state index is -0.766. The number of H-pyrrole nitrogens is 1. The second kappa shape index (κ2) is 8.21. The van der Waals surface area contributed by atoms with E-state index in [0.717, 1.165) is 18.5 Å². The van der Waals surface area contributed by atoms with Crippen LogP contribution in [0.2, 0.25) is 0 Å². The summed E-state index contributed by atoms with van der Waals surface area (Å²) in [7, 11) is 1.79. The Kier molecular flexibility index (Phi) is 5.95. The third-order valence-electron chi connectivity index (χ3n) is 5.23. The Morgan fingerprint density at radius 3 is 2.41 bits per heavy atom. The van der Waals surface area contributed by atoms with Crippen LogP contribution < -0.4 is 5.32 Å². The molecule has 7 heteroatoms. The van der Waals surface area contributed by atoms with Crippen molar-refractivity contribution in [3.63, 3.8) is 0 Å². The minimum absolute atomic E-state index is 0.126. The molecular weight excluding hydrogens is 346 g/mol. The van der Waals surface area contributed by atoms with Crippen molar-refractivity contribution in [3.8, 4) is 17.2 Å². The van der Waals surface area contributed by atoms with Crippen molar-refractivity contribution in [2.75, 3.05) is 7.05 Å². The van der Waals surface area contributed by atoms with Gasteiger partial charge in [0.1, 0.15) is 11.8 Å². The van der Waals surface area contributed by atoms with Crippen LogP contribution in [0.1, 0.15) is 52.6 Å². The van der Waals surface area contributed by atoms with Gasteiger partial charge >= 0.3 is 0 Å². The van der Waals surface area contributed by atoms with E-state index in [2.05, 4.69) is 16.4 Å². The summed E-state index contributed by atoms with van der Waals surface area (Å²) in [6.45, 7) is -0.454. The van der Waals surface area contributed by atoms with Crippen molar-refractivity contribution in [1.29, 1.82) is 5.26 Å². The zero-order chi connectivity index (χ0) is 19.6. The van der Waals surface area contributed by atoms with Gasteiger partial charge in [-0.25, -0.2) is 0 Å². The van der Waals surface area contributed by atoms with Crippen molar-refractivity contribution in [3.05, 3.63) is 45.8 Å². The Balaban J connectivity index is 2.30. The lowest BCUT2D eigenvalue weighted by atomic mass is 9.88. The van der Waals surface area contributed by atoms with Crippen molar-refractivity contribution in [1.82, 2.24) is 10.3 Å². The summed E-state index contributed by atoms with van der Waals surface area (Å²) in [4.78, 5) is 3.10. The standard InChI is InChI=1S/C20H25N3O4/c1-22-7-17-18(19(16(6-21)23-17)20(27)11-2-3-11)13-5-4-12(8-24)14(9-25)15(13)10-26/h4-5,11,20,22-27H,2-3,7-10H2,1H3. The van der Waals surface area contributed by atoms with E-state index >= 15 is 0 Å². The molecule has 7 nitrogen and oxygen atoms in total. The zero-order valence-corrected chi connectivity index (χ0v) is 15.3. The van der Waals surface area contributed by atoms with E-state index in [-0.39, 0.29) is 25.7 Å². The summed E-state index contributed by atoms with van der Waals surface area (Å²) in [6, 6.07) is 5.61. The van der Waals surface area contributed by atoms with Crippen LogP contribution in [0.25, 0.3) is 11.1 Å². The molecule has 1 aromatic heterocycles. The summed E-state index contributed by atoms with van der Waals surface area (Å²) in [5, 5.41) is 52.8. The molecule has 3 rings (SSSR count). The van der Waals surface area contributed by atoms with E-state index in [9.17, 15) is 25.7 Å². The molecule has 0 radical (unpaired) electrons. The molecule has 27 heavy (non-hydrogen) atoms. The van der Waals surface area contributed by atoms with Crippen LogP contribution in [-0.2, 0) is 26.4 Å². The molecular formula is C20H25N3O4. The minimum Gasteiger partial charge on any atom is -0.392 e. The summed E-state index contributed by atoms with van der Waals surface area (Å²) in [5.74, 6) is 0.126. The van der Waals surface area contributed by atoms with E-state index in [1.807, 2.05) is 0 Å². The first-order chi connectivity index (χ1) is 13.1. The molecule has 1 fully saturated rings. The van der Waals surface area contributed by atoms with Crippen LogP contribution in [-0.4, -0.2) is 32.5 Å². The quantitative estimate of drug-likeness (QED) is 0.413. The molecule has 0 spiro atoms. The number of benzene rings is 1. The van der Waals surface area contributed by atoms with Gasteiger partial charge in [0.05, 0.1) is 25.9 Å². The molecule has 1 heterocycles. The van der Waals surface area contributed by atoms with Crippen LogP contribution in [0.3, 0.4) is 0 Å². The van der Waals surface area contributed by atoms with Crippen LogP contribution in [0, 0.1) is 17.2 Å². The molecule has 1 aromatic carbocycles. The summed E-state index contributed by atoms with van der Waals surface area (Å²) >= 11 is 0. The average Bonchev–Trinajstić information content (AvgIpc) is 3.48. The Morgan fingerprint density at radius 2 is 1.89 bits per heavy atom. The lowest BCUT2D eigenvalue weighted by Gasteiger charge is -2.19. The van der Waals surface area contributed by atoms with Gasteiger partial charge in [0, 0.05) is 23.4 Å². The third kappa shape index (κ3) is 3.50. The number of rotatable bonds is 8. The molecule has 2 aromatic rings. The topological polar surface area (TPSA) is 133 Å². The molecule has 0 bridgehead atoms. The van der Waals surface area contributed by atoms with Crippen molar-refractivity contribution < 1.29 is 20.4 Å². The first kappa shape index (κ1) is 19.5. The fourth-order valence-corrected chi connectivity index (χ4v) is 3.72. The fraction of sp³-hybridized carbons (Fsp3) is 0.450. The molecule has 1 saturated carbocycles. The number of nitrogens with one attached hydrogen (secondary N) is 2. The summed E-state index contributed by atoms with van der Waals surface area (Å²) in [6.07, 6.45) is 1.06. The van der Waals surface area contributed by atoms with E-state index in [1.165, 1.54) is 0 Å². The highest BCUT2D eigenvalue weighted by atomic mass is 16.3. The van der Waals surface area contributed by atoms with Gasteiger partial charge in [0.15, 0.2) is 0 Å². The van der Waals surface area contributed by atoms with Gasteiger partial charge in [0.25, 0.3) is 0 Å². The third-order valence-corrected chi connectivity index (χ3v) is 5.23. The fourth-order valence-electron chi connectivity index (χ4n) is 3.72. The zero-order valence-electron chi connectivity index (χ0n) is 15.3. The van der Waals surface area contributed by atoms with Crippen molar-refractivity contribution >= 4 is 0 Å². The maximum atomic E-state index is 10.8. The maximum Gasteiger partial charge on any atom is 0.124 e. The number of aliphatic hydroxyl groups is 4. The van der Waals surface area contributed by atoms with Gasteiger partial charge in [-0.15, -0.1) is 0 Å². The Hall–Kier alpha value is -2.21. The number of nitriles is 1. The van der Waals surface area contributed by atoms with Gasteiger partial charge in [-0.1, -0.05) is 12.1 Å². The van der Waals surface area contributed by atoms with E-state index in [0.29, 0.717) is 45.6 Å². The first-order valence-electron chi connectivity index (χ1n) is 9.05. The van der Waals surface area contributed by atoms with Gasteiger partial charge in [-0.2, -0.15) is 5.26 Å². The summed E-state index contributed by atoms with van der Waals surface area (Å²) < 4.78 is 0. The number of hydrogen-bond acceptors (Lipinski definition) is 6. The molecule has 1 unspecified atom stereocenters. The maximum absolute atomic E-state index is 10.8. The molecule has 0 amide bonds. The molecule has 6 N–H and O–H groups in total. The molecule has 144 valence electrons. The Labute approximate surface area is 157 Å². The summed E-state index contributed by atoms with van der Waals surface area (Å²) in [5.41, 5.74) is 4.43. The second-order valence-corrected chi connectivity index (χ2v) is 6.90. The molecule has 0 aliphatic heterocycles. The van der Waals surface area contributed by atoms with Gasteiger partial charge in [0.2, 0.25) is 0 Å². The van der Waals surface area contributed by atoms with Crippen molar-refractivity contribution in [2.45, 2.75) is 45.3 Å². The molecule has 1 aliphatic carbocycles. The lowest BCUT2D eigenvalue weighted by molar-refractivity contribution is 0.154. The van der Waals surface area contributed by atoms with Crippen molar-refractivity contribution in [2.24, 2.45) is 5.92 Å². The number of nitrogens with zero attached hydrogens (tertiary/aromatic N) is 1. The molecule has 0 saturated heterocycles. The first-order valence-corrected chi connectivity index (χ1v) is 9.05. The number of aliphatic hydroxyl groups excluding tert-OH is 4. The van der Waals surface area contributed by atoms with Crippen LogP contribution in [0.5, 0.6) is 0 Å². The smallest absolute Gasteiger partial charge is 0.124 e. The van der Waals surface area contributed by atoms with Gasteiger partial charge in [-0.05, 0) is 48.1 Å². The number of aromatic amines is 1. The van der Waals surface area contributed by atoms with E-state index < -0.39 is 6.10 Å². The van der Waals surface area contributed by atoms with Crippen LogP contribution >= 0.6 is 0 Å². The van der Waals surface area contributed by atoms with Crippen LogP contribution in [0.15, 0.2) is 12.1 Å². The number of aromatic nitrogens is 1. The van der Waals surface area contributed by atoms with E-state index in [4.69, 9.17) is 0 Å². The lowest BCUT2D eigenvalue weighted by Crippen LogP contribution is -2.10. The Morgan fingerprint density at radius 1 is 1.19 bits per heavy atom. The second-order valence-electron chi connectivity index (χ2n) is 6.90. The van der Waals surface area contributed by atoms with E-state index in [1.54, 1.807) is 19.2 Å². The Bertz CT molecular complexity index is 865. The molecule has 1 atom stereocenters. The SMILES string of the molecule is CNCc1[nH]c(C#N)c(C(O)C2CC2)c1-c1ccc(CO)c(CO)c1CO. The predicted octanol–water partition coefficient (Wildman–Crippen LogP) is 1.19. The predicted molar refractivity (Wildman–Crippen MR) is 99.2 cm³/mol. The normalized spacial score (nSPS) is 15.0. The largest absolute Gasteiger partial charge is 0.392 e. The highest BCUT2D eigenvalue weighted by molar-refractivity contribution is 5.77. The highest BCUT2D eigenvalue weighted by Gasteiger charge is 2.36. The highest BCUT2D eigenvalue weighted by Crippen LogP contribution is 2.47. The van der Waals surface area contributed by atoms with Gasteiger partial charge < -0.3 is 30.7 Å². The monoisotopic (exact) mass is 371 g/mol. The van der Waals surface area contributed by atoms with Crippen LogP contribution in [0.4, 0.5) is 0 Å². The molecule has 1 aliphatic rings. The van der Waals surface area contributed by atoms with Gasteiger partial charge in [-0.3, -0.25) is 0 Å². The average molecular weight is 371 g/mol.